The summed E-state index contributed by atoms with van der Waals surface area (Å²) in [5.74, 6) is 1.76. The lowest BCUT2D eigenvalue weighted by Gasteiger charge is -2.38. The summed E-state index contributed by atoms with van der Waals surface area (Å²) >= 11 is 3.33. The normalized spacial score (nSPS) is 36.2. The van der Waals surface area contributed by atoms with Crippen molar-refractivity contribution in [2.24, 2.45) is 29.6 Å². The van der Waals surface area contributed by atoms with Crippen molar-refractivity contribution < 1.29 is 9.59 Å². The molecular formula is C17H19BrN2O2. The fourth-order valence-corrected chi connectivity index (χ4v) is 5.12. The molecule has 1 heterocycles. The maximum Gasteiger partial charge on any atom is 0.236 e. The molecule has 0 aromatic carbocycles. The lowest BCUT2D eigenvalue weighted by atomic mass is 9.67. The zero-order valence-corrected chi connectivity index (χ0v) is 13.9. The number of hydrogen-bond acceptors (Lipinski definition) is 3. The van der Waals surface area contributed by atoms with Crippen molar-refractivity contribution in [3.8, 4) is 0 Å². The van der Waals surface area contributed by atoms with Crippen LogP contribution >= 0.6 is 15.9 Å². The number of nitrogens with zero attached hydrogens (tertiary/aromatic N) is 1. The minimum absolute atomic E-state index is 0.116. The maximum absolute atomic E-state index is 12.8. The zero-order chi connectivity index (χ0) is 15.3. The van der Waals surface area contributed by atoms with Crippen molar-refractivity contribution >= 4 is 33.4 Å². The lowest BCUT2D eigenvalue weighted by Crippen LogP contribution is -2.36. The second-order valence-corrected chi connectivity index (χ2v) is 8.01. The smallest absolute Gasteiger partial charge is 0.236 e. The molecule has 1 N–H and O–H groups in total. The molecule has 4 fully saturated rings. The first-order valence-corrected chi connectivity index (χ1v) is 8.85. The molecule has 0 spiro atoms. The van der Waals surface area contributed by atoms with Crippen LogP contribution in [0.4, 0.5) is 5.82 Å². The molecular weight excluding hydrogens is 344 g/mol. The number of Topliss-reactive ketones (excluding diaryl/α,β-unsaturated/α-hetero) is 1. The molecule has 0 aliphatic heterocycles. The first-order valence-electron chi connectivity index (χ1n) is 8.06. The largest absolute Gasteiger partial charge is 0.310 e. The first kappa shape index (κ1) is 14.4. The number of amides is 1. The summed E-state index contributed by atoms with van der Waals surface area (Å²) < 4.78 is 0.868. The van der Waals surface area contributed by atoms with Gasteiger partial charge in [0.15, 0.2) is 0 Å². The van der Waals surface area contributed by atoms with Gasteiger partial charge in [-0.2, -0.15) is 0 Å². The number of rotatable bonds is 2. The molecule has 4 aliphatic rings. The van der Waals surface area contributed by atoms with Gasteiger partial charge in [-0.3, -0.25) is 9.59 Å². The first-order chi connectivity index (χ1) is 10.6. The Kier molecular flexibility index (Phi) is 3.56. The summed E-state index contributed by atoms with van der Waals surface area (Å²) in [6.45, 7) is 0. The van der Waals surface area contributed by atoms with E-state index < -0.39 is 5.92 Å². The molecule has 0 saturated heterocycles. The molecule has 22 heavy (non-hydrogen) atoms. The van der Waals surface area contributed by atoms with E-state index in [2.05, 4.69) is 26.2 Å². The van der Waals surface area contributed by atoms with Gasteiger partial charge in [-0.1, -0.05) is 0 Å². The predicted octanol–water partition coefficient (Wildman–Crippen LogP) is 3.42. The van der Waals surface area contributed by atoms with Crippen LogP contribution in [0.5, 0.6) is 0 Å². The van der Waals surface area contributed by atoms with Crippen LogP contribution in [0.25, 0.3) is 0 Å². The van der Waals surface area contributed by atoms with Crippen LogP contribution in [-0.2, 0) is 9.59 Å². The number of pyridine rings is 1. The Hall–Kier alpha value is -1.23. The number of carbonyl (C=O) groups is 2. The van der Waals surface area contributed by atoms with Crippen LogP contribution in [0.3, 0.4) is 0 Å². The van der Waals surface area contributed by atoms with Crippen LogP contribution < -0.4 is 5.32 Å². The topological polar surface area (TPSA) is 59.1 Å². The summed E-state index contributed by atoms with van der Waals surface area (Å²) in [4.78, 5) is 29.7. The Balaban J connectivity index is 1.56. The van der Waals surface area contributed by atoms with Crippen LogP contribution in [0.2, 0.25) is 0 Å². The Morgan fingerprint density at radius 3 is 2.50 bits per heavy atom. The third-order valence-corrected chi connectivity index (χ3v) is 6.09. The molecule has 1 aromatic heterocycles. The third-order valence-electron chi connectivity index (χ3n) is 5.62. The Bertz CT molecular complexity index is 602. The minimum atomic E-state index is -0.467. The summed E-state index contributed by atoms with van der Waals surface area (Å²) in [6.07, 6.45) is 7.02. The standard InChI is InChI=1S/C17H19BrN2O2/c18-13-1-2-14(19-8-13)20-17(22)15-11-4-9-3-10(5-11)7-12(6-9)16(15)21/h1-2,8-12,15H,3-7H2,(H,19,20,22). The molecule has 116 valence electrons. The average molecular weight is 363 g/mol. The van der Waals surface area contributed by atoms with Gasteiger partial charge in [0.05, 0.1) is 5.92 Å². The van der Waals surface area contributed by atoms with Crippen molar-refractivity contribution in [1.82, 2.24) is 4.98 Å². The highest BCUT2D eigenvalue weighted by Gasteiger charge is 2.50. The molecule has 0 radical (unpaired) electrons. The van der Waals surface area contributed by atoms with Crippen LogP contribution in [0.15, 0.2) is 22.8 Å². The fraction of sp³-hybridized carbons (Fsp3) is 0.588. The fourth-order valence-electron chi connectivity index (χ4n) is 4.89. The molecule has 4 aliphatic carbocycles. The zero-order valence-electron chi connectivity index (χ0n) is 12.3. The molecule has 4 nitrogen and oxygen atoms in total. The highest BCUT2D eigenvalue weighted by Crippen LogP contribution is 2.52. The third kappa shape index (κ3) is 2.49. The van der Waals surface area contributed by atoms with Gasteiger partial charge in [-0.05, 0) is 77.9 Å². The van der Waals surface area contributed by atoms with Crippen LogP contribution in [0, 0.1) is 29.6 Å². The van der Waals surface area contributed by atoms with E-state index in [0.717, 1.165) is 30.2 Å². The molecule has 1 amide bonds. The van der Waals surface area contributed by atoms with Crippen molar-refractivity contribution in [2.45, 2.75) is 32.1 Å². The Morgan fingerprint density at radius 2 is 1.86 bits per heavy atom. The van der Waals surface area contributed by atoms with E-state index in [9.17, 15) is 9.59 Å². The number of aromatic nitrogens is 1. The van der Waals surface area contributed by atoms with Gasteiger partial charge in [0, 0.05) is 16.6 Å². The van der Waals surface area contributed by atoms with E-state index >= 15 is 0 Å². The molecule has 3 unspecified atom stereocenters. The van der Waals surface area contributed by atoms with Gasteiger partial charge in [-0.25, -0.2) is 4.98 Å². The highest BCUT2D eigenvalue weighted by molar-refractivity contribution is 9.10. The molecule has 4 bridgehead atoms. The van der Waals surface area contributed by atoms with E-state index in [1.807, 2.05) is 6.07 Å². The van der Waals surface area contributed by atoms with Gasteiger partial charge < -0.3 is 5.32 Å². The predicted molar refractivity (Wildman–Crippen MR) is 86.1 cm³/mol. The van der Waals surface area contributed by atoms with E-state index in [1.165, 1.54) is 6.42 Å². The summed E-state index contributed by atoms with van der Waals surface area (Å²) in [5, 5.41) is 2.85. The number of nitrogens with one attached hydrogen (secondary N) is 1. The molecule has 5 heteroatoms. The van der Waals surface area contributed by atoms with Crippen LogP contribution in [0.1, 0.15) is 32.1 Å². The lowest BCUT2D eigenvalue weighted by molar-refractivity contribution is -0.134. The summed E-state index contributed by atoms with van der Waals surface area (Å²) in [6, 6.07) is 3.60. The number of fused-ring (bicyclic) bond motifs is 1. The van der Waals surface area contributed by atoms with Crippen molar-refractivity contribution in [1.29, 1.82) is 0 Å². The SMILES string of the molecule is O=C(Nc1ccc(Br)cn1)C1C(=O)C2CC3CC(C2)CC1C3. The van der Waals surface area contributed by atoms with Gasteiger partial charge in [-0.15, -0.1) is 0 Å². The number of hydrogen-bond donors (Lipinski definition) is 1. The maximum atomic E-state index is 12.8. The van der Waals surface area contributed by atoms with Crippen molar-refractivity contribution in [3.63, 3.8) is 0 Å². The summed E-state index contributed by atoms with van der Waals surface area (Å²) in [5.41, 5.74) is 0. The summed E-state index contributed by atoms with van der Waals surface area (Å²) in [7, 11) is 0. The van der Waals surface area contributed by atoms with Gasteiger partial charge >= 0.3 is 0 Å². The minimum Gasteiger partial charge on any atom is -0.310 e. The molecule has 1 aromatic rings. The molecule has 4 saturated carbocycles. The van der Waals surface area contributed by atoms with Crippen LogP contribution in [-0.4, -0.2) is 16.7 Å². The van der Waals surface area contributed by atoms with E-state index in [4.69, 9.17) is 0 Å². The van der Waals surface area contributed by atoms with Crippen molar-refractivity contribution in [2.75, 3.05) is 5.32 Å². The average Bonchev–Trinajstić information content (AvgIpc) is 2.63. The second-order valence-electron chi connectivity index (χ2n) is 7.10. The number of ketones is 1. The van der Waals surface area contributed by atoms with E-state index in [-0.39, 0.29) is 23.5 Å². The second kappa shape index (κ2) is 5.44. The van der Waals surface area contributed by atoms with Crippen molar-refractivity contribution in [3.05, 3.63) is 22.8 Å². The Morgan fingerprint density at radius 1 is 1.14 bits per heavy atom. The number of carbonyl (C=O) groups excluding carboxylic acids is 2. The highest BCUT2D eigenvalue weighted by atomic mass is 79.9. The van der Waals surface area contributed by atoms with Gasteiger partial charge in [0.1, 0.15) is 11.6 Å². The van der Waals surface area contributed by atoms with E-state index in [0.29, 0.717) is 17.7 Å². The molecule has 3 atom stereocenters. The number of halogens is 1. The number of anilines is 1. The Labute approximate surface area is 138 Å². The molecule has 5 rings (SSSR count). The van der Waals surface area contributed by atoms with E-state index in [1.54, 1.807) is 12.3 Å². The van der Waals surface area contributed by atoms with Gasteiger partial charge in [0.25, 0.3) is 0 Å². The van der Waals surface area contributed by atoms with Gasteiger partial charge in [0.2, 0.25) is 5.91 Å². The monoisotopic (exact) mass is 362 g/mol. The quantitative estimate of drug-likeness (QED) is 0.819.